The van der Waals surface area contributed by atoms with E-state index in [4.69, 9.17) is 5.73 Å². The summed E-state index contributed by atoms with van der Waals surface area (Å²) in [7, 11) is 1.85. The zero-order valence-electron chi connectivity index (χ0n) is 7.40. The molecule has 1 rings (SSSR count). The number of nitrogen functional groups attached to an aromatic ring is 1. The maximum atomic E-state index is 5.63. The lowest BCUT2D eigenvalue weighted by molar-refractivity contribution is 0.432. The van der Waals surface area contributed by atoms with Crippen LogP contribution >= 0.6 is 11.8 Å². The monoisotopic (exact) mass is 187 g/mol. The van der Waals surface area contributed by atoms with Gasteiger partial charge in [0.05, 0.1) is 0 Å². The summed E-state index contributed by atoms with van der Waals surface area (Å²) in [6.45, 7) is 1.97. The Bertz CT molecular complexity index is 258. The quantitative estimate of drug-likeness (QED) is 0.667. The smallest absolute Gasteiger partial charge is 0.221 e. The van der Waals surface area contributed by atoms with Gasteiger partial charge in [0, 0.05) is 0 Å². The molecule has 1 aromatic heterocycles. The zero-order chi connectivity index (χ0) is 9.14. The number of hydrogen-bond acceptors (Lipinski definition) is 5. The molecule has 0 bridgehead atoms. The van der Waals surface area contributed by atoms with E-state index in [0.29, 0.717) is 11.1 Å². The number of aromatic nitrogens is 3. The summed E-state index contributed by atoms with van der Waals surface area (Å²) in [5.41, 5.74) is 5.63. The molecule has 68 valence electrons. The minimum Gasteiger partial charge on any atom is -0.368 e. The van der Waals surface area contributed by atoms with Gasteiger partial charge in [-0.25, -0.2) is 4.68 Å². The van der Waals surface area contributed by atoms with E-state index in [1.807, 2.05) is 20.2 Å². The molecule has 3 N–H and O–H groups in total. The van der Waals surface area contributed by atoms with Gasteiger partial charge < -0.3 is 5.73 Å². The molecule has 1 atom stereocenters. The fourth-order valence-electron chi connectivity index (χ4n) is 0.809. The molecule has 0 aliphatic carbocycles. The highest BCUT2D eigenvalue weighted by molar-refractivity contribution is 7.98. The second-order valence-electron chi connectivity index (χ2n) is 2.37. The molecule has 1 unspecified atom stereocenters. The van der Waals surface area contributed by atoms with Crippen LogP contribution in [0.15, 0.2) is 5.16 Å². The first-order valence-corrected chi connectivity index (χ1v) is 4.84. The molecular formula is C6H13N5S. The highest BCUT2D eigenvalue weighted by Crippen LogP contribution is 2.13. The Kier molecular flexibility index (Phi) is 2.93. The third-order valence-electron chi connectivity index (χ3n) is 1.61. The highest BCUT2D eigenvalue weighted by atomic mass is 32.2. The number of nitrogens with zero attached hydrogens (tertiary/aromatic N) is 3. The topological polar surface area (TPSA) is 68.8 Å². The van der Waals surface area contributed by atoms with Crippen LogP contribution in [0.3, 0.4) is 0 Å². The van der Waals surface area contributed by atoms with Crippen LogP contribution in [0, 0.1) is 0 Å². The lowest BCUT2D eigenvalue weighted by atomic mass is 10.6. The minimum absolute atomic E-state index is 0.0819. The minimum atomic E-state index is 0.0819. The van der Waals surface area contributed by atoms with Crippen LogP contribution in [-0.2, 0) is 0 Å². The van der Waals surface area contributed by atoms with Crippen molar-refractivity contribution in [2.24, 2.45) is 0 Å². The molecule has 0 spiro atoms. The van der Waals surface area contributed by atoms with Gasteiger partial charge >= 0.3 is 0 Å². The molecule has 0 saturated heterocycles. The number of thioether (sulfide) groups is 1. The van der Waals surface area contributed by atoms with Gasteiger partial charge in [0.2, 0.25) is 11.1 Å². The normalized spacial score (nSPS) is 13.2. The molecule has 0 aromatic carbocycles. The summed E-state index contributed by atoms with van der Waals surface area (Å²) in [4.78, 5) is 4.05. The second kappa shape index (κ2) is 3.77. The largest absolute Gasteiger partial charge is 0.368 e. The van der Waals surface area contributed by atoms with E-state index in [1.54, 1.807) is 4.68 Å². The van der Waals surface area contributed by atoms with Crippen LogP contribution in [-0.4, -0.2) is 28.1 Å². The summed E-state index contributed by atoms with van der Waals surface area (Å²) >= 11 is 1.48. The molecular weight excluding hydrogens is 174 g/mol. The molecule has 0 fully saturated rings. The van der Waals surface area contributed by atoms with Gasteiger partial charge in [0.25, 0.3) is 0 Å². The summed E-state index contributed by atoms with van der Waals surface area (Å²) in [6.07, 6.45) is 2.00. The standard InChI is InChI=1S/C6H13N5S/c1-4(8-2)11-5(7)9-6(10-11)12-3/h4,8H,1-3H3,(H2,7,9,10). The van der Waals surface area contributed by atoms with Crippen molar-refractivity contribution in [2.75, 3.05) is 19.0 Å². The summed E-state index contributed by atoms with van der Waals surface area (Å²) in [5, 5.41) is 7.91. The lowest BCUT2D eigenvalue weighted by Gasteiger charge is -2.10. The Hall–Kier alpha value is -0.750. The number of nitrogens with two attached hydrogens (primary N) is 1. The van der Waals surface area contributed by atoms with E-state index in [0.717, 1.165) is 0 Å². The summed E-state index contributed by atoms with van der Waals surface area (Å²) in [6, 6.07) is 0. The molecule has 0 amide bonds. The van der Waals surface area contributed by atoms with Crippen LogP contribution in [0.5, 0.6) is 0 Å². The number of hydrogen-bond donors (Lipinski definition) is 2. The Morgan fingerprint density at radius 3 is 2.75 bits per heavy atom. The number of rotatable bonds is 3. The lowest BCUT2D eigenvalue weighted by Crippen LogP contribution is -2.22. The van der Waals surface area contributed by atoms with Crippen molar-refractivity contribution in [3.63, 3.8) is 0 Å². The van der Waals surface area contributed by atoms with Gasteiger partial charge in [-0.1, -0.05) is 11.8 Å². The molecule has 0 saturated carbocycles. The average molecular weight is 187 g/mol. The van der Waals surface area contributed by atoms with Crippen molar-refractivity contribution in [2.45, 2.75) is 18.2 Å². The van der Waals surface area contributed by atoms with E-state index in [2.05, 4.69) is 15.4 Å². The first-order valence-electron chi connectivity index (χ1n) is 3.62. The third kappa shape index (κ3) is 1.70. The molecule has 0 aliphatic rings. The summed E-state index contributed by atoms with van der Waals surface area (Å²) in [5.74, 6) is 0.446. The van der Waals surface area contributed by atoms with Crippen molar-refractivity contribution >= 4 is 17.7 Å². The molecule has 0 radical (unpaired) electrons. The van der Waals surface area contributed by atoms with E-state index in [-0.39, 0.29) is 6.17 Å². The van der Waals surface area contributed by atoms with E-state index in [9.17, 15) is 0 Å². The van der Waals surface area contributed by atoms with E-state index < -0.39 is 0 Å². The summed E-state index contributed by atoms with van der Waals surface area (Å²) < 4.78 is 1.66. The molecule has 1 heterocycles. The highest BCUT2D eigenvalue weighted by Gasteiger charge is 2.09. The van der Waals surface area contributed by atoms with Crippen LogP contribution < -0.4 is 11.1 Å². The Balaban J connectivity index is 2.91. The second-order valence-corrected chi connectivity index (χ2v) is 3.14. The number of anilines is 1. The van der Waals surface area contributed by atoms with Crippen molar-refractivity contribution in [1.82, 2.24) is 20.1 Å². The van der Waals surface area contributed by atoms with Gasteiger partial charge in [-0.05, 0) is 20.2 Å². The zero-order valence-corrected chi connectivity index (χ0v) is 8.22. The average Bonchev–Trinajstić information content (AvgIpc) is 2.45. The Morgan fingerprint density at radius 2 is 2.33 bits per heavy atom. The van der Waals surface area contributed by atoms with Crippen molar-refractivity contribution in [3.8, 4) is 0 Å². The van der Waals surface area contributed by atoms with Crippen LogP contribution in [0.25, 0.3) is 0 Å². The number of nitrogens with one attached hydrogen (secondary N) is 1. The van der Waals surface area contributed by atoms with E-state index in [1.165, 1.54) is 11.8 Å². The van der Waals surface area contributed by atoms with Crippen LogP contribution in [0.2, 0.25) is 0 Å². The molecule has 0 aliphatic heterocycles. The van der Waals surface area contributed by atoms with Crippen molar-refractivity contribution < 1.29 is 0 Å². The van der Waals surface area contributed by atoms with Gasteiger partial charge in [-0.15, -0.1) is 5.10 Å². The van der Waals surface area contributed by atoms with Gasteiger partial charge in [-0.2, -0.15) is 4.98 Å². The predicted octanol–water partition coefficient (Wildman–Crippen LogP) is 0.320. The molecule has 1 aromatic rings. The molecule has 12 heavy (non-hydrogen) atoms. The third-order valence-corrected chi connectivity index (χ3v) is 2.14. The Labute approximate surface area is 75.7 Å². The van der Waals surface area contributed by atoms with Crippen molar-refractivity contribution in [1.29, 1.82) is 0 Å². The maximum absolute atomic E-state index is 5.63. The maximum Gasteiger partial charge on any atom is 0.221 e. The predicted molar refractivity (Wildman–Crippen MR) is 50.0 cm³/mol. The fourth-order valence-corrected chi connectivity index (χ4v) is 1.16. The first-order chi connectivity index (χ1) is 5.69. The van der Waals surface area contributed by atoms with Crippen LogP contribution in [0.4, 0.5) is 5.95 Å². The van der Waals surface area contributed by atoms with Crippen molar-refractivity contribution in [3.05, 3.63) is 0 Å². The fraction of sp³-hybridized carbons (Fsp3) is 0.667. The SMILES string of the molecule is CNC(C)n1nc(SC)nc1N. The van der Waals surface area contributed by atoms with Gasteiger partial charge in [0.15, 0.2) is 0 Å². The van der Waals surface area contributed by atoms with Gasteiger partial charge in [0.1, 0.15) is 6.17 Å². The molecule has 6 heteroatoms. The van der Waals surface area contributed by atoms with Crippen LogP contribution in [0.1, 0.15) is 13.1 Å². The first kappa shape index (κ1) is 9.34. The van der Waals surface area contributed by atoms with E-state index >= 15 is 0 Å². The molecule has 5 nitrogen and oxygen atoms in total. The van der Waals surface area contributed by atoms with Gasteiger partial charge in [-0.3, -0.25) is 5.32 Å². The Morgan fingerprint density at radius 1 is 1.67 bits per heavy atom.